The molecule has 0 heterocycles. The van der Waals surface area contributed by atoms with Gasteiger partial charge in [-0.2, -0.15) is 0 Å². The molecule has 0 aromatic heterocycles. The van der Waals surface area contributed by atoms with Crippen molar-refractivity contribution in [3.63, 3.8) is 0 Å². The van der Waals surface area contributed by atoms with Crippen LogP contribution in [0.15, 0.2) is 35.3 Å². The van der Waals surface area contributed by atoms with Crippen molar-refractivity contribution in [3.05, 3.63) is 35.9 Å². The van der Waals surface area contributed by atoms with Crippen molar-refractivity contribution < 1.29 is 4.79 Å². The van der Waals surface area contributed by atoms with Gasteiger partial charge in [0.25, 0.3) is 0 Å². The fraction of sp³-hybridized carbons (Fsp3) is 0.600. The van der Waals surface area contributed by atoms with Crippen molar-refractivity contribution in [3.8, 4) is 0 Å². The van der Waals surface area contributed by atoms with E-state index in [4.69, 9.17) is 0 Å². The largest absolute Gasteiger partial charge is 0.354 e. The van der Waals surface area contributed by atoms with Crippen LogP contribution in [0, 0.1) is 5.41 Å². The number of benzene rings is 1. The Morgan fingerprint density at radius 1 is 1.16 bits per heavy atom. The highest BCUT2D eigenvalue weighted by Crippen LogP contribution is 2.21. The van der Waals surface area contributed by atoms with Gasteiger partial charge >= 0.3 is 0 Å². The van der Waals surface area contributed by atoms with Crippen LogP contribution in [0.3, 0.4) is 0 Å². The number of guanidine groups is 1. The van der Waals surface area contributed by atoms with E-state index in [0.29, 0.717) is 24.0 Å². The molecule has 3 N–H and O–H groups in total. The van der Waals surface area contributed by atoms with E-state index in [-0.39, 0.29) is 12.5 Å². The molecule has 0 fully saturated rings. The van der Waals surface area contributed by atoms with E-state index < -0.39 is 0 Å². The zero-order chi connectivity index (χ0) is 18.7. The number of aliphatic imine (C=N–C) groups is 1. The summed E-state index contributed by atoms with van der Waals surface area (Å²) in [4.78, 5) is 16.1. The summed E-state index contributed by atoms with van der Waals surface area (Å²) in [6.07, 6.45) is 3.04. The third-order valence-corrected chi connectivity index (χ3v) is 3.93. The Morgan fingerprint density at radius 2 is 1.84 bits per heavy atom. The van der Waals surface area contributed by atoms with Crippen LogP contribution in [0.25, 0.3) is 0 Å². The first-order valence-corrected chi connectivity index (χ1v) is 9.08. The van der Waals surface area contributed by atoms with Gasteiger partial charge in [0.05, 0.1) is 6.54 Å². The van der Waals surface area contributed by atoms with E-state index >= 15 is 0 Å². The maximum absolute atomic E-state index is 11.9. The highest BCUT2D eigenvalue weighted by atomic mass is 16.1. The fourth-order valence-electron chi connectivity index (χ4n) is 2.37. The molecule has 1 rings (SSSR count). The average Bonchev–Trinajstić information content (AvgIpc) is 2.57. The normalized spacial score (nSPS) is 13.2. The number of rotatable bonds is 8. The van der Waals surface area contributed by atoms with Crippen LogP contribution in [-0.4, -0.2) is 38.0 Å². The molecule has 5 nitrogen and oxygen atoms in total. The third-order valence-electron chi connectivity index (χ3n) is 3.93. The number of carbonyl (C=O) groups excluding carboxylic acids is 1. The first kappa shape index (κ1) is 21.0. The van der Waals surface area contributed by atoms with Gasteiger partial charge < -0.3 is 16.0 Å². The molecule has 0 radical (unpaired) electrons. The van der Waals surface area contributed by atoms with E-state index in [0.717, 1.165) is 19.3 Å². The van der Waals surface area contributed by atoms with Gasteiger partial charge in [-0.1, -0.05) is 51.1 Å². The van der Waals surface area contributed by atoms with Gasteiger partial charge in [0.2, 0.25) is 5.91 Å². The zero-order valence-electron chi connectivity index (χ0n) is 16.4. The molecule has 1 amide bonds. The summed E-state index contributed by atoms with van der Waals surface area (Å²) in [6.45, 7) is 9.73. The first-order valence-electron chi connectivity index (χ1n) is 9.08. The molecule has 1 atom stereocenters. The van der Waals surface area contributed by atoms with E-state index in [9.17, 15) is 4.79 Å². The molecule has 5 heteroatoms. The van der Waals surface area contributed by atoms with Crippen LogP contribution in [0.2, 0.25) is 0 Å². The molecular weight excluding hydrogens is 312 g/mol. The monoisotopic (exact) mass is 346 g/mol. The van der Waals surface area contributed by atoms with Gasteiger partial charge in [0, 0.05) is 19.6 Å². The second kappa shape index (κ2) is 10.7. The summed E-state index contributed by atoms with van der Waals surface area (Å²) >= 11 is 0. The minimum absolute atomic E-state index is 0.0266. The van der Waals surface area contributed by atoms with Crippen LogP contribution in [0.5, 0.6) is 0 Å². The van der Waals surface area contributed by atoms with E-state index in [2.05, 4.69) is 60.8 Å². The number of nitrogens with zero attached hydrogens (tertiary/aromatic N) is 1. The van der Waals surface area contributed by atoms with Gasteiger partial charge in [0.1, 0.15) is 0 Å². The highest BCUT2D eigenvalue weighted by molar-refractivity contribution is 5.86. The van der Waals surface area contributed by atoms with Crippen LogP contribution < -0.4 is 16.0 Å². The van der Waals surface area contributed by atoms with Gasteiger partial charge in [0.15, 0.2) is 5.96 Å². The Labute approximate surface area is 152 Å². The molecule has 1 aromatic carbocycles. The molecule has 0 spiro atoms. The Morgan fingerprint density at radius 3 is 2.44 bits per heavy atom. The second-order valence-electron chi connectivity index (χ2n) is 7.66. The lowest BCUT2D eigenvalue weighted by Crippen LogP contribution is -2.46. The van der Waals surface area contributed by atoms with Crippen LogP contribution in [0.1, 0.15) is 46.1 Å². The standard InChI is InChI=1S/C20H34N4O/c1-16(11-13-20(2,3)4)24-19(21-5)23-15-18(25)22-14-12-17-9-7-6-8-10-17/h6-10,16H,11-15H2,1-5H3,(H,22,25)(H2,21,23,24). The smallest absolute Gasteiger partial charge is 0.239 e. The van der Waals surface area contributed by atoms with Crippen molar-refractivity contribution >= 4 is 11.9 Å². The maximum atomic E-state index is 11.9. The van der Waals surface area contributed by atoms with Crippen LogP contribution in [0.4, 0.5) is 0 Å². The lowest BCUT2D eigenvalue weighted by atomic mass is 9.89. The Hall–Kier alpha value is -2.04. The molecule has 0 aliphatic carbocycles. The molecule has 1 unspecified atom stereocenters. The van der Waals surface area contributed by atoms with Gasteiger partial charge in [-0.05, 0) is 37.2 Å². The summed E-state index contributed by atoms with van der Waals surface area (Å²) in [6, 6.07) is 10.5. The van der Waals surface area contributed by atoms with Crippen LogP contribution in [-0.2, 0) is 11.2 Å². The summed E-state index contributed by atoms with van der Waals surface area (Å²) in [5.41, 5.74) is 1.55. The first-order chi connectivity index (χ1) is 11.8. The number of hydrogen-bond donors (Lipinski definition) is 3. The fourth-order valence-corrected chi connectivity index (χ4v) is 2.37. The highest BCUT2D eigenvalue weighted by Gasteiger charge is 2.13. The number of carbonyl (C=O) groups is 1. The molecule has 0 bridgehead atoms. The van der Waals surface area contributed by atoms with E-state index in [1.165, 1.54) is 5.56 Å². The lowest BCUT2D eigenvalue weighted by Gasteiger charge is -2.23. The molecule has 0 aliphatic heterocycles. The van der Waals surface area contributed by atoms with Gasteiger partial charge in [-0.25, -0.2) is 0 Å². The molecule has 140 valence electrons. The summed E-state index contributed by atoms with van der Waals surface area (Å²) < 4.78 is 0. The third kappa shape index (κ3) is 10.4. The Balaban J connectivity index is 2.23. The molecule has 1 aromatic rings. The lowest BCUT2D eigenvalue weighted by molar-refractivity contribution is -0.119. The van der Waals surface area contributed by atoms with Crippen molar-refractivity contribution in [2.45, 2.75) is 53.0 Å². The minimum Gasteiger partial charge on any atom is -0.354 e. The Kier molecular flexibility index (Phi) is 9.03. The second-order valence-corrected chi connectivity index (χ2v) is 7.66. The summed E-state index contributed by atoms with van der Waals surface area (Å²) in [7, 11) is 1.72. The SMILES string of the molecule is CN=C(NCC(=O)NCCc1ccccc1)NC(C)CCC(C)(C)C. The van der Waals surface area contributed by atoms with Crippen molar-refractivity contribution in [1.82, 2.24) is 16.0 Å². The predicted molar refractivity (Wildman–Crippen MR) is 106 cm³/mol. The molecule has 0 aliphatic rings. The molecule has 0 saturated carbocycles. The number of amides is 1. The van der Waals surface area contributed by atoms with E-state index in [1.807, 2.05) is 18.2 Å². The maximum Gasteiger partial charge on any atom is 0.239 e. The zero-order valence-corrected chi connectivity index (χ0v) is 16.4. The average molecular weight is 347 g/mol. The van der Waals surface area contributed by atoms with Crippen LogP contribution >= 0.6 is 0 Å². The quantitative estimate of drug-likeness (QED) is 0.501. The Bertz CT molecular complexity index is 534. The topological polar surface area (TPSA) is 65.5 Å². The molecule has 25 heavy (non-hydrogen) atoms. The minimum atomic E-state index is -0.0266. The van der Waals surface area contributed by atoms with E-state index in [1.54, 1.807) is 7.05 Å². The molecule has 0 saturated heterocycles. The number of hydrogen-bond acceptors (Lipinski definition) is 2. The van der Waals surface area contributed by atoms with Gasteiger partial charge in [-0.15, -0.1) is 0 Å². The predicted octanol–water partition coefficient (Wildman–Crippen LogP) is 2.73. The summed E-state index contributed by atoms with van der Waals surface area (Å²) in [5.74, 6) is 0.640. The number of nitrogens with one attached hydrogen (secondary N) is 3. The van der Waals surface area contributed by atoms with Crippen molar-refractivity contribution in [2.75, 3.05) is 20.1 Å². The van der Waals surface area contributed by atoms with Crippen molar-refractivity contribution in [2.24, 2.45) is 10.4 Å². The van der Waals surface area contributed by atoms with Gasteiger partial charge in [-0.3, -0.25) is 9.79 Å². The summed E-state index contributed by atoms with van der Waals surface area (Å²) in [5, 5.41) is 9.33. The molecular formula is C20H34N4O. The van der Waals surface area contributed by atoms with Crippen molar-refractivity contribution in [1.29, 1.82) is 0 Å².